The number of nitro benzene ring substituents is 1. The monoisotopic (exact) mass is 376 g/mol. The third kappa shape index (κ3) is 3.51. The van der Waals surface area contributed by atoms with Crippen LogP contribution in [0.15, 0.2) is 67.3 Å². The number of nitro groups is 1. The number of aromatic nitrogens is 2. The van der Waals surface area contributed by atoms with Crippen molar-refractivity contribution in [3.05, 3.63) is 88.5 Å². The smallest absolute Gasteiger partial charge is 0.294 e. The summed E-state index contributed by atoms with van der Waals surface area (Å²) in [5, 5.41) is 11.5. The highest BCUT2D eigenvalue weighted by Gasteiger charge is 2.26. The van der Waals surface area contributed by atoms with Gasteiger partial charge in [0.05, 0.1) is 11.3 Å². The Morgan fingerprint density at radius 1 is 1.11 bits per heavy atom. The van der Waals surface area contributed by atoms with Gasteiger partial charge >= 0.3 is 0 Å². The standard InChI is InChI=1S/C21H20N4O3/c26-21(23-11-8-17(9-12-23)16-4-2-1-3-5-16)18-6-7-19(20(14-18)25(27)28)24-13-10-22-15-24/h1-7,10,13-15,17H,8-9,11-12H2. The molecule has 0 radical (unpaired) electrons. The van der Waals surface area contributed by atoms with Gasteiger partial charge in [0.25, 0.3) is 11.6 Å². The molecule has 0 N–H and O–H groups in total. The summed E-state index contributed by atoms with van der Waals surface area (Å²) in [6, 6.07) is 14.9. The molecule has 28 heavy (non-hydrogen) atoms. The third-order valence-electron chi connectivity index (χ3n) is 5.25. The molecule has 1 aliphatic rings. The molecule has 0 unspecified atom stereocenters. The predicted octanol–water partition coefficient (Wildman–Crippen LogP) is 3.80. The minimum absolute atomic E-state index is 0.108. The highest BCUT2D eigenvalue weighted by Crippen LogP contribution is 2.30. The summed E-state index contributed by atoms with van der Waals surface area (Å²) in [5.74, 6) is 0.287. The van der Waals surface area contributed by atoms with Gasteiger partial charge in [-0.2, -0.15) is 0 Å². The molecule has 0 spiro atoms. The summed E-state index contributed by atoms with van der Waals surface area (Å²) in [6.45, 7) is 1.30. The van der Waals surface area contributed by atoms with E-state index in [-0.39, 0.29) is 11.6 Å². The van der Waals surface area contributed by atoms with E-state index >= 15 is 0 Å². The van der Waals surface area contributed by atoms with Gasteiger partial charge in [-0.15, -0.1) is 0 Å². The van der Waals surface area contributed by atoms with Crippen molar-refractivity contribution in [3.8, 4) is 5.69 Å². The Morgan fingerprint density at radius 3 is 2.50 bits per heavy atom. The van der Waals surface area contributed by atoms with Crippen molar-refractivity contribution in [2.24, 2.45) is 0 Å². The Bertz CT molecular complexity index is 978. The maximum Gasteiger partial charge on any atom is 0.294 e. The summed E-state index contributed by atoms with van der Waals surface area (Å²) in [6.07, 6.45) is 6.48. The lowest BCUT2D eigenvalue weighted by Gasteiger charge is -2.32. The topological polar surface area (TPSA) is 81.3 Å². The molecule has 2 aromatic carbocycles. The van der Waals surface area contributed by atoms with Crippen molar-refractivity contribution in [2.75, 3.05) is 13.1 Å². The van der Waals surface area contributed by atoms with Crippen LogP contribution in [0.2, 0.25) is 0 Å². The molecule has 0 saturated carbocycles. The molecule has 0 aliphatic carbocycles. The van der Waals surface area contributed by atoms with Crippen LogP contribution in [0.3, 0.4) is 0 Å². The number of benzene rings is 2. The van der Waals surface area contributed by atoms with Gasteiger partial charge in [-0.3, -0.25) is 14.9 Å². The molecule has 0 atom stereocenters. The summed E-state index contributed by atoms with van der Waals surface area (Å²) in [5.41, 5.74) is 1.92. The molecule has 0 bridgehead atoms. The minimum atomic E-state index is -0.465. The Balaban J connectivity index is 1.51. The second-order valence-corrected chi connectivity index (χ2v) is 6.91. The molecule has 3 aromatic rings. The average Bonchev–Trinajstić information content (AvgIpc) is 3.28. The fourth-order valence-electron chi connectivity index (χ4n) is 3.75. The molecule has 1 saturated heterocycles. The number of amides is 1. The van der Waals surface area contributed by atoms with Crippen LogP contribution in [0.4, 0.5) is 5.69 Å². The van der Waals surface area contributed by atoms with Gasteiger partial charge in [0.15, 0.2) is 0 Å². The van der Waals surface area contributed by atoms with Crippen LogP contribution in [-0.4, -0.2) is 38.4 Å². The maximum atomic E-state index is 12.9. The van der Waals surface area contributed by atoms with Gasteiger partial charge in [-0.1, -0.05) is 30.3 Å². The van der Waals surface area contributed by atoms with E-state index in [0.717, 1.165) is 12.8 Å². The molecular weight excluding hydrogens is 356 g/mol. The first-order valence-corrected chi connectivity index (χ1v) is 9.24. The van der Waals surface area contributed by atoms with Gasteiger partial charge in [-0.05, 0) is 36.5 Å². The summed E-state index contributed by atoms with van der Waals surface area (Å²) in [7, 11) is 0. The van der Waals surface area contributed by atoms with E-state index in [9.17, 15) is 14.9 Å². The fraction of sp³-hybridized carbons (Fsp3) is 0.238. The van der Waals surface area contributed by atoms with Crippen LogP contribution in [0.25, 0.3) is 5.69 Å². The molecule has 142 valence electrons. The van der Waals surface area contributed by atoms with E-state index < -0.39 is 4.92 Å². The normalized spacial score (nSPS) is 14.8. The highest BCUT2D eigenvalue weighted by atomic mass is 16.6. The van der Waals surface area contributed by atoms with Crippen molar-refractivity contribution in [1.82, 2.24) is 14.5 Å². The van der Waals surface area contributed by atoms with Crippen molar-refractivity contribution < 1.29 is 9.72 Å². The Hall–Kier alpha value is -3.48. The lowest BCUT2D eigenvalue weighted by molar-refractivity contribution is -0.384. The van der Waals surface area contributed by atoms with Gasteiger partial charge in [0.2, 0.25) is 0 Å². The Morgan fingerprint density at radius 2 is 1.86 bits per heavy atom. The summed E-state index contributed by atoms with van der Waals surface area (Å²) >= 11 is 0. The van der Waals surface area contributed by atoms with Crippen LogP contribution in [0.1, 0.15) is 34.7 Å². The molecule has 7 nitrogen and oxygen atoms in total. The predicted molar refractivity (Wildman–Crippen MR) is 105 cm³/mol. The Kier molecular flexibility index (Phi) is 4.89. The van der Waals surface area contributed by atoms with E-state index in [2.05, 4.69) is 17.1 Å². The number of hydrogen-bond donors (Lipinski definition) is 0. The molecule has 1 aliphatic heterocycles. The first-order valence-electron chi connectivity index (χ1n) is 9.24. The first kappa shape index (κ1) is 17.9. The molecule has 1 aromatic heterocycles. The molecular formula is C21H20N4O3. The number of carbonyl (C=O) groups excluding carboxylic acids is 1. The minimum Gasteiger partial charge on any atom is -0.339 e. The number of likely N-dealkylation sites (tertiary alicyclic amines) is 1. The van der Waals surface area contributed by atoms with Crippen molar-refractivity contribution in [2.45, 2.75) is 18.8 Å². The van der Waals surface area contributed by atoms with Crippen LogP contribution in [-0.2, 0) is 0 Å². The second-order valence-electron chi connectivity index (χ2n) is 6.91. The number of hydrogen-bond acceptors (Lipinski definition) is 4. The number of carbonyl (C=O) groups is 1. The lowest BCUT2D eigenvalue weighted by atomic mass is 9.89. The molecule has 1 amide bonds. The van der Waals surface area contributed by atoms with Crippen LogP contribution in [0.5, 0.6) is 0 Å². The zero-order valence-electron chi connectivity index (χ0n) is 15.3. The van der Waals surface area contributed by atoms with Crippen LogP contribution < -0.4 is 0 Å². The number of nitrogens with zero attached hydrogens (tertiary/aromatic N) is 4. The number of imidazole rings is 1. The fourth-order valence-corrected chi connectivity index (χ4v) is 3.75. The average molecular weight is 376 g/mol. The third-order valence-corrected chi connectivity index (χ3v) is 5.25. The Labute approximate surface area is 162 Å². The summed E-state index contributed by atoms with van der Waals surface area (Å²) < 4.78 is 1.57. The van der Waals surface area contributed by atoms with E-state index in [1.165, 1.54) is 18.0 Å². The van der Waals surface area contributed by atoms with Crippen LogP contribution in [0, 0.1) is 10.1 Å². The number of rotatable bonds is 4. The second kappa shape index (κ2) is 7.64. The molecule has 2 heterocycles. The SMILES string of the molecule is O=C(c1ccc(-n2ccnc2)c([N+](=O)[O-])c1)N1CCC(c2ccccc2)CC1. The van der Waals surface area contributed by atoms with Crippen LogP contribution >= 0.6 is 0 Å². The van der Waals surface area contributed by atoms with Crippen molar-refractivity contribution in [1.29, 1.82) is 0 Å². The lowest BCUT2D eigenvalue weighted by Crippen LogP contribution is -2.37. The zero-order valence-corrected chi connectivity index (χ0v) is 15.3. The van der Waals surface area contributed by atoms with Gasteiger partial charge in [-0.25, -0.2) is 4.98 Å². The maximum absolute atomic E-state index is 12.9. The molecule has 1 fully saturated rings. The highest BCUT2D eigenvalue weighted by molar-refractivity contribution is 5.95. The van der Waals surface area contributed by atoms with E-state index in [1.807, 2.05) is 18.2 Å². The van der Waals surface area contributed by atoms with Gasteiger partial charge < -0.3 is 9.47 Å². The summed E-state index contributed by atoms with van der Waals surface area (Å²) in [4.78, 5) is 29.7. The van der Waals surface area contributed by atoms with Crippen molar-refractivity contribution >= 4 is 11.6 Å². The quantitative estimate of drug-likeness (QED) is 0.512. The zero-order chi connectivity index (χ0) is 19.5. The van der Waals surface area contributed by atoms with E-state index in [4.69, 9.17) is 0 Å². The van der Waals surface area contributed by atoms with Gasteiger partial charge in [0.1, 0.15) is 5.69 Å². The first-order chi connectivity index (χ1) is 13.6. The van der Waals surface area contributed by atoms with Gasteiger partial charge in [0, 0.05) is 37.1 Å². The number of piperidine rings is 1. The molecule has 4 rings (SSSR count). The van der Waals surface area contributed by atoms with Crippen molar-refractivity contribution in [3.63, 3.8) is 0 Å². The largest absolute Gasteiger partial charge is 0.339 e. The van der Waals surface area contributed by atoms with E-state index in [0.29, 0.717) is 30.3 Å². The van der Waals surface area contributed by atoms with E-state index in [1.54, 1.807) is 34.0 Å². The molecule has 7 heteroatoms.